The molecule has 0 aromatic carbocycles. The Hall–Kier alpha value is -0.0800. The topological polar surface area (TPSA) is 15.3 Å². The molecular weight excluding hydrogens is 208 g/mol. The molecule has 1 aliphatic rings. The molecule has 2 heteroatoms. The number of hydrazine groups is 1. The molecule has 3 unspecified atom stereocenters. The van der Waals surface area contributed by atoms with Crippen LogP contribution >= 0.6 is 0 Å². The van der Waals surface area contributed by atoms with Crippen LogP contribution < -0.4 is 5.43 Å². The molecule has 0 amide bonds. The Labute approximate surface area is 108 Å². The van der Waals surface area contributed by atoms with Gasteiger partial charge in [-0.1, -0.05) is 39.0 Å². The molecule has 102 valence electrons. The number of hydrogen-bond acceptors (Lipinski definition) is 2. The monoisotopic (exact) mass is 240 g/mol. The van der Waals surface area contributed by atoms with Gasteiger partial charge in [-0.2, -0.15) is 0 Å². The lowest BCUT2D eigenvalue weighted by atomic mass is 9.99. The molecule has 0 aromatic rings. The van der Waals surface area contributed by atoms with Crippen LogP contribution in [0.4, 0.5) is 0 Å². The zero-order valence-electron chi connectivity index (χ0n) is 12.3. The maximum Gasteiger partial charge on any atom is 0.0218 e. The third-order valence-electron chi connectivity index (χ3n) is 4.05. The third kappa shape index (κ3) is 5.39. The maximum absolute atomic E-state index is 3.73. The highest BCUT2D eigenvalue weighted by atomic mass is 15.5. The minimum absolute atomic E-state index is 0.634. The van der Waals surface area contributed by atoms with Crippen molar-refractivity contribution in [3.63, 3.8) is 0 Å². The van der Waals surface area contributed by atoms with Crippen molar-refractivity contribution in [3.05, 3.63) is 0 Å². The largest absolute Gasteiger partial charge is 0.252 e. The van der Waals surface area contributed by atoms with Crippen molar-refractivity contribution in [2.24, 2.45) is 0 Å². The highest BCUT2D eigenvalue weighted by molar-refractivity contribution is 4.78. The van der Waals surface area contributed by atoms with Gasteiger partial charge >= 0.3 is 0 Å². The fourth-order valence-electron chi connectivity index (χ4n) is 2.87. The van der Waals surface area contributed by atoms with Gasteiger partial charge in [0.2, 0.25) is 0 Å². The van der Waals surface area contributed by atoms with Gasteiger partial charge in [-0.05, 0) is 40.0 Å². The molecule has 0 radical (unpaired) electrons. The average molecular weight is 240 g/mol. The molecule has 1 N–H and O–H groups in total. The smallest absolute Gasteiger partial charge is 0.0218 e. The number of unbranched alkanes of at least 4 members (excludes halogenated alkanes) is 3. The SMILES string of the molecule is CCCCCCC(C)NN1C(C)CCCC1C. The number of nitrogens with one attached hydrogen (secondary N) is 1. The van der Waals surface area contributed by atoms with Crippen LogP contribution in [0.3, 0.4) is 0 Å². The van der Waals surface area contributed by atoms with Crippen molar-refractivity contribution >= 4 is 0 Å². The summed E-state index contributed by atoms with van der Waals surface area (Å²) < 4.78 is 0. The van der Waals surface area contributed by atoms with E-state index in [0.29, 0.717) is 18.1 Å². The summed E-state index contributed by atoms with van der Waals surface area (Å²) in [5.41, 5.74) is 3.73. The van der Waals surface area contributed by atoms with E-state index in [0.717, 1.165) is 0 Å². The first kappa shape index (κ1) is 15.0. The second kappa shape index (κ2) is 8.10. The van der Waals surface area contributed by atoms with Gasteiger partial charge in [-0.15, -0.1) is 0 Å². The van der Waals surface area contributed by atoms with E-state index in [2.05, 4.69) is 38.1 Å². The van der Waals surface area contributed by atoms with E-state index >= 15 is 0 Å². The molecule has 1 aliphatic heterocycles. The molecule has 1 saturated heterocycles. The van der Waals surface area contributed by atoms with Crippen molar-refractivity contribution in [1.82, 2.24) is 10.4 Å². The van der Waals surface area contributed by atoms with Crippen molar-refractivity contribution < 1.29 is 0 Å². The molecule has 1 fully saturated rings. The van der Waals surface area contributed by atoms with Crippen LogP contribution in [-0.2, 0) is 0 Å². The second-order valence-electron chi connectivity index (χ2n) is 5.92. The summed E-state index contributed by atoms with van der Waals surface area (Å²) >= 11 is 0. The minimum atomic E-state index is 0.634. The third-order valence-corrected chi connectivity index (χ3v) is 4.05. The van der Waals surface area contributed by atoms with E-state index in [9.17, 15) is 0 Å². The lowest BCUT2D eigenvalue weighted by molar-refractivity contribution is 0.0306. The Balaban J connectivity index is 2.21. The molecule has 0 aliphatic carbocycles. The summed E-state index contributed by atoms with van der Waals surface area (Å²) in [6.07, 6.45) is 10.9. The van der Waals surface area contributed by atoms with Gasteiger partial charge in [-0.25, -0.2) is 5.01 Å². The summed E-state index contributed by atoms with van der Waals surface area (Å²) in [5.74, 6) is 0. The summed E-state index contributed by atoms with van der Waals surface area (Å²) in [6, 6.07) is 2.04. The number of piperidine rings is 1. The van der Waals surface area contributed by atoms with Gasteiger partial charge < -0.3 is 0 Å². The summed E-state index contributed by atoms with van der Waals surface area (Å²) in [4.78, 5) is 0. The summed E-state index contributed by atoms with van der Waals surface area (Å²) in [5, 5.41) is 2.51. The number of rotatable bonds is 7. The van der Waals surface area contributed by atoms with E-state index in [-0.39, 0.29) is 0 Å². The van der Waals surface area contributed by atoms with Crippen molar-refractivity contribution in [2.75, 3.05) is 0 Å². The van der Waals surface area contributed by atoms with Crippen LogP contribution in [0, 0.1) is 0 Å². The average Bonchev–Trinajstić information content (AvgIpc) is 2.30. The predicted molar refractivity (Wildman–Crippen MR) is 76.0 cm³/mol. The lowest BCUT2D eigenvalue weighted by Gasteiger charge is -2.41. The van der Waals surface area contributed by atoms with Crippen LogP contribution in [0.1, 0.15) is 79.1 Å². The Morgan fingerprint density at radius 2 is 1.76 bits per heavy atom. The van der Waals surface area contributed by atoms with Crippen LogP contribution in [0.5, 0.6) is 0 Å². The van der Waals surface area contributed by atoms with Gasteiger partial charge in [-0.3, -0.25) is 5.43 Å². The van der Waals surface area contributed by atoms with Crippen molar-refractivity contribution in [1.29, 1.82) is 0 Å². The minimum Gasteiger partial charge on any atom is -0.252 e. The quantitative estimate of drug-likeness (QED) is 0.674. The molecule has 3 atom stereocenters. The molecule has 0 aromatic heterocycles. The van der Waals surface area contributed by atoms with Crippen molar-refractivity contribution in [2.45, 2.75) is 97.2 Å². The fourth-order valence-corrected chi connectivity index (χ4v) is 2.87. The van der Waals surface area contributed by atoms with Gasteiger partial charge in [0.05, 0.1) is 0 Å². The van der Waals surface area contributed by atoms with E-state index in [1.54, 1.807) is 0 Å². The zero-order chi connectivity index (χ0) is 12.7. The summed E-state index contributed by atoms with van der Waals surface area (Å²) in [6.45, 7) is 9.32. The standard InChI is InChI=1S/C15H32N2/c1-5-6-7-8-10-13(2)16-17-14(3)11-9-12-15(17)4/h13-16H,5-12H2,1-4H3. The molecule has 0 spiro atoms. The van der Waals surface area contributed by atoms with Crippen LogP contribution in [-0.4, -0.2) is 23.1 Å². The zero-order valence-corrected chi connectivity index (χ0v) is 12.3. The van der Waals surface area contributed by atoms with E-state index in [1.807, 2.05) is 0 Å². The molecule has 17 heavy (non-hydrogen) atoms. The lowest BCUT2D eigenvalue weighted by Crippen LogP contribution is -2.54. The fraction of sp³-hybridized carbons (Fsp3) is 1.00. The predicted octanol–water partition coefficient (Wildman–Crippen LogP) is 4.11. The molecule has 2 nitrogen and oxygen atoms in total. The Bertz CT molecular complexity index is 183. The normalized spacial score (nSPS) is 28.2. The summed E-state index contributed by atoms with van der Waals surface area (Å²) in [7, 11) is 0. The maximum atomic E-state index is 3.73. The van der Waals surface area contributed by atoms with Gasteiger partial charge in [0.1, 0.15) is 0 Å². The van der Waals surface area contributed by atoms with Gasteiger partial charge in [0, 0.05) is 18.1 Å². The number of hydrogen-bond donors (Lipinski definition) is 1. The highest BCUT2D eigenvalue weighted by Gasteiger charge is 2.25. The van der Waals surface area contributed by atoms with E-state index in [1.165, 1.54) is 51.4 Å². The first-order valence-electron chi connectivity index (χ1n) is 7.69. The van der Waals surface area contributed by atoms with E-state index in [4.69, 9.17) is 0 Å². The van der Waals surface area contributed by atoms with Crippen LogP contribution in [0.25, 0.3) is 0 Å². The van der Waals surface area contributed by atoms with Crippen LogP contribution in [0.2, 0.25) is 0 Å². The molecule has 0 bridgehead atoms. The Morgan fingerprint density at radius 1 is 1.12 bits per heavy atom. The first-order chi connectivity index (χ1) is 8.15. The molecule has 0 saturated carbocycles. The number of nitrogens with zero attached hydrogens (tertiary/aromatic N) is 1. The van der Waals surface area contributed by atoms with E-state index < -0.39 is 0 Å². The van der Waals surface area contributed by atoms with Crippen LogP contribution in [0.15, 0.2) is 0 Å². The first-order valence-corrected chi connectivity index (χ1v) is 7.69. The molecule has 1 heterocycles. The molecular formula is C15H32N2. The van der Waals surface area contributed by atoms with Crippen molar-refractivity contribution in [3.8, 4) is 0 Å². The highest BCUT2D eigenvalue weighted by Crippen LogP contribution is 2.21. The van der Waals surface area contributed by atoms with Gasteiger partial charge in [0.25, 0.3) is 0 Å². The second-order valence-corrected chi connectivity index (χ2v) is 5.92. The Kier molecular flexibility index (Phi) is 7.14. The Morgan fingerprint density at radius 3 is 2.35 bits per heavy atom. The molecule has 1 rings (SSSR count). The van der Waals surface area contributed by atoms with Gasteiger partial charge in [0.15, 0.2) is 0 Å².